The number of nitrogens with one attached hydrogen (secondary N) is 2. The van der Waals surface area contributed by atoms with Crippen LogP contribution in [0.3, 0.4) is 0 Å². The molecule has 2 atom stereocenters. The maximum absolute atomic E-state index is 13.6. The zero-order valence-corrected chi connectivity index (χ0v) is 13.0. The van der Waals surface area contributed by atoms with E-state index in [1.165, 1.54) is 30.6 Å². The first kappa shape index (κ1) is 16.6. The molecule has 4 nitrogen and oxygen atoms in total. The lowest BCUT2D eigenvalue weighted by Crippen LogP contribution is -2.32. The molecule has 3 rings (SSSR count). The van der Waals surface area contributed by atoms with E-state index in [1.54, 1.807) is 0 Å². The number of aromatic nitrogens is 2. The maximum atomic E-state index is 13.6. The van der Waals surface area contributed by atoms with Crippen LogP contribution < -0.4 is 10.6 Å². The Hall–Kier alpha value is -2.29. The normalized spacial score (nSPS) is 19.7. The lowest BCUT2D eigenvalue weighted by atomic mass is 10.2. The Balaban J connectivity index is 1.63. The molecule has 24 heavy (non-hydrogen) atoms. The highest BCUT2D eigenvalue weighted by Gasteiger charge is 2.42. The second kappa shape index (κ2) is 6.31. The van der Waals surface area contributed by atoms with Crippen LogP contribution in [-0.2, 0) is 6.18 Å². The predicted molar refractivity (Wildman–Crippen MR) is 83.9 cm³/mol. The monoisotopic (exact) mass is 356 g/mol. The van der Waals surface area contributed by atoms with Gasteiger partial charge in [-0.2, -0.15) is 13.2 Å². The minimum atomic E-state index is -4.54. The average Bonchev–Trinajstić information content (AvgIpc) is 3.26. The smallest absolute Gasteiger partial charge is 0.359 e. The Bertz CT molecular complexity index is 765. The molecular formula is C15H12F4N4S. The summed E-state index contributed by atoms with van der Waals surface area (Å²) in [4.78, 5) is 7.66. The van der Waals surface area contributed by atoms with Crippen molar-refractivity contribution < 1.29 is 17.6 Å². The van der Waals surface area contributed by atoms with E-state index in [4.69, 9.17) is 12.2 Å². The van der Waals surface area contributed by atoms with Crippen molar-refractivity contribution in [2.45, 2.75) is 24.6 Å². The molecule has 9 heteroatoms. The first-order valence-electron chi connectivity index (χ1n) is 7.06. The summed E-state index contributed by atoms with van der Waals surface area (Å²) in [6.07, 6.45) is -1.20. The second-order valence-electron chi connectivity index (χ2n) is 5.31. The van der Waals surface area contributed by atoms with Gasteiger partial charge in [-0.25, -0.2) is 9.37 Å². The van der Waals surface area contributed by atoms with Crippen molar-refractivity contribution in [2.75, 3.05) is 5.32 Å². The molecule has 2 heterocycles. The van der Waals surface area contributed by atoms with Gasteiger partial charge in [0.05, 0.1) is 11.3 Å². The molecule has 0 bridgehead atoms. The molecular weight excluding hydrogens is 344 g/mol. The van der Waals surface area contributed by atoms with E-state index >= 15 is 0 Å². The van der Waals surface area contributed by atoms with Gasteiger partial charge in [-0.15, -0.1) is 0 Å². The third-order valence-electron chi connectivity index (χ3n) is 3.59. The molecule has 2 aromatic heterocycles. The molecule has 2 aromatic rings. The van der Waals surface area contributed by atoms with Gasteiger partial charge in [0.2, 0.25) is 0 Å². The van der Waals surface area contributed by atoms with Crippen LogP contribution in [0, 0.1) is 5.82 Å². The molecule has 0 amide bonds. The molecule has 1 aliphatic carbocycles. The number of halogens is 4. The largest absolute Gasteiger partial charge is 0.419 e. The van der Waals surface area contributed by atoms with Crippen LogP contribution in [0.15, 0.2) is 36.7 Å². The Morgan fingerprint density at radius 3 is 2.58 bits per heavy atom. The number of hydrogen-bond donors (Lipinski definition) is 2. The highest BCUT2D eigenvalue weighted by molar-refractivity contribution is 7.80. The van der Waals surface area contributed by atoms with E-state index in [2.05, 4.69) is 20.6 Å². The van der Waals surface area contributed by atoms with E-state index in [0.717, 1.165) is 6.07 Å². The van der Waals surface area contributed by atoms with E-state index in [-0.39, 0.29) is 22.9 Å². The number of rotatable bonds is 3. The van der Waals surface area contributed by atoms with Gasteiger partial charge in [-0.3, -0.25) is 4.98 Å². The molecule has 1 saturated carbocycles. The van der Waals surface area contributed by atoms with Gasteiger partial charge >= 0.3 is 6.18 Å². The van der Waals surface area contributed by atoms with Crippen molar-refractivity contribution in [3.8, 4) is 0 Å². The standard InChI is InChI=1S/C15H12F4N4S/c16-10-4-2-5-20-12(10)8-7-11(8)22-14(24)23-13-9(15(17,18)19)3-1-6-21-13/h1-6,8,11H,7H2,(H2,21,22,23,24). The van der Waals surface area contributed by atoms with Gasteiger partial charge in [-0.05, 0) is 42.9 Å². The SMILES string of the molecule is Fc1cccnc1C1CC1NC(=S)Nc1ncccc1C(F)(F)F. The lowest BCUT2D eigenvalue weighted by Gasteiger charge is -2.14. The third-order valence-corrected chi connectivity index (χ3v) is 3.81. The first-order valence-corrected chi connectivity index (χ1v) is 7.47. The zero-order chi connectivity index (χ0) is 17.3. The Morgan fingerprint density at radius 1 is 1.17 bits per heavy atom. The van der Waals surface area contributed by atoms with Crippen molar-refractivity contribution in [3.63, 3.8) is 0 Å². The quantitative estimate of drug-likeness (QED) is 0.651. The molecule has 1 fully saturated rings. The van der Waals surface area contributed by atoms with Gasteiger partial charge < -0.3 is 10.6 Å². The minimum Gasteiger partial charge on any atom is -0.359 e. The third kappa shape index (κ3) is 3.61. The summed E-state index contributed by atoms with van der Waals surface area (Å²) >= 11 is 5.03. The number of pyridine rings is 2. The average molecular weight is 356 g/mol. The number of anilines is 1. The number of hydrogen-bond acceptors (Lipinski definition) is 3. The molecule has 0 saturated heterocycles. The van der Waals surface area contributed by atoms with Gasteiger partial charge in [0.1, 0.15) is 11.6 Å². The van der Waals surface area contributed by atoms with E-state index in [1.807, 2.05) is 0 Å². The second-order valence-corrected chi connectivity index (χ2v) is 5.72. The Kier molecular flexibility index (Phi) is 4.35. The van der Waals surface area contributed by atoms with Crippen molar-refractivity contribution >= 4 is 23.1 Å². The van der Waals surface area contributed by atoms with Crippen LogP contribution in [0.4, 0.5) is 23.4 Å². The van der Waals surface area contributed by atoms with Crippen molar-refractivity contribution in [1.82, 2.24) is 15.3 Å². The van der Waals surface area contributed by atoms with Gasteiger partial charge in [0.25, 0.3) is 0 Å². The van der Waals surface area contributed by atoms with Gasteiger partial charge in [-0.1, -0.05) is 0 Å². The van der Waals surface area contributed by atoms with E-state index in [0.29, 0.717) is 12.1 Å². The fourth-order valence-corrected chi connectivity index (χ4v) is 2.62. The van der Waals surface area contributed by atoms with Crippen molar-refractivity contribution in [3.05, 3.63) is 53.7 Å². The summed E-state index contributed by atoms with van der Waals surface area (Å²) in [7, 11) is 0. The summed E-state index contributed by atoms with van der Waals surface area (Å²) in [6.45, 7) is 0. The number of thiocarbonyl (C=S) groups is 1. The minimum absolute atomic E-state index is 0.00281. The molecule has 0 aliphatic heterocycles. The zero-order valence-electron chi connectivity index (χ0n) is 12.1. The fraction of sp³-hybridized carbons (Fsp3) is 0.267. The first-order chi connectivity index (χ1) is 11.4. The summed E-state index contributed by atoms with van der Waals surface area (Å²) in [5, 5.41) is 5.32. The van der Waals surface area contributed by atoms with Gasteiger partial charge in [0.15, 0.2) is 5.11 Å². The lowest BCUT2D eigenvalue weighted by molar-refractivity contribution is -0.137. The van der Waals surface area contributed by atoms with Crippen LogP contribution >= 0.6 is 12.2 Å². The summed E-state index contributed by atoms with van der Waals surface area (Å²) in [5.41, 5.74) is -0.580. The molecule has 2 N–H and O–H groups in total. The number of alkyl halides is 3. The maximum Gasteiger partial charge on any atom is 0.419 e. The van der Waals surface area contributed by atoms with Crippen molar-refractivity contribution in [2.24, 2.45) is 0 Å². The fourth-order valence-electron chi connectivity index (χ4n) is 2.37. The van der Waals surface area contributed by atoms with Crippen LogP contribution in [0.25, 0.3) is 0 Å². The Labute approximate surface area is 140 Å². The van der Waals surface area contributed by atoms with Crippen LogP contribution in [0.1, 0.15) is 23.6 Å². The number of nitrogens with zero attached hydrogens (tertiary/aromatic N) is 2. The van der Waals surface area contributed by atoms with Crippen LogP contribution in [0.2, 0.25) is 0 Å². The predicted octanol–water partition coefficient (Wildman–Crippen LogP) is 3.48. The summed E-state index contributed by atoms with van der Waals surface area (Å²) in [5.74, 6) is -0.935. The highest BCUT2D eigenvalue weighted by Crippen LogP contribution is 2.41. The van der Waals surface area contributed by atoms with Crippen LogP contribution in [-0.4, -0.2) is 21.1 Å². The summed E-state index contributed by atoms with van der Waals surface area (Å²) in [6, 6.07) is 4.76. The molecule has 1 aliphatic rings. The van der Waals surface area contributed by atoms with E-state index < -0.39 is 17.6 Å². The molecule has 2 unspecified atom stereocenters. The topological polar surface area (TPSA) is 49.8 Å². The molecule has 0 aromatic carbocycles. The molecule has 126 valence electrons. The molecule has 0 spiro atoms. The van der Waals surface area contributed by atoms with Crippen LogP contribution in [0.5, 0.6) is 0 Å². The van der Waals surface area contributed by atoms with Crippen molar-refractivity contribution in [1.29, 1.82) is 0 Å². The Morgan fingerprint density at radius 2 is 1.88 bits per heavy atom. The highest BCUT2D eigenvalue weighted by atomic mass is 32.1. The van der Waals surface area contributed by atoms with Gasteiger partial charge in [0, 0.05) is 24.4 Å². The summed E-state index contributed by atoms with van der Waals surface area (Å²) < 4.78 is 52.4. The van der Waals surface area contributed by atoms with E-state index in [9.17, 15) is 17.6 Å². The molecule has 0 radical (unpaired) electrons.